The summed E-state index contributed by atoms with van der Waals surface area (Å²) in [4.78, 5) is 0. The quantitative estimate of drug-likeness (QED) is 0.857. The first-order valence-electron chi connectivity index (χ1n) is 6.21. The Bertz CT molecular complexity index is 565. The van der Waals surface area contributed by atoms with Crippen LogP contribution >= 0.6 is 0 Å². The van der Waals surface area contributed by atoms with Gasteiger partial charge in [-0.15, -0.1) is 0 Å². The molecule has 0 saturated carbocycles. The summed E-state index contributed by atoms with van der Waals surface area (Å²) in [5.74, 6) is 0.540. The molecule has 1 aromatic heterocycles. The minimum Gasteiger partial charge on any atom is -0.458 e. The molecule has 3 heteroatoms. The minimum absolute atomic E-state index is 0.134. The Morgan fingerprint density at radius 3 is 2.44 bits per heavy atom. The summed E-state index contributed by atoms with van der Waals surface area (Å²) in [6, 6.07) is 7.85. The third kappa shape index (κ3) is 1.93. The van der Waals surface area contributed by atoms with Crippen LogP contribution in [0.1, 0.15) is 32.1 Å². The standard InChI is InChI=1S/C15H21NO2/c1-10-5-6-12-11(7-10)8-13(18-12)15(17,9-16)14(2,3)4/h5-8,17H,9,16H2,1-4H3. The number of aryl methyl sites for hydroxylation is 1. The van der Waals surface area contributed by atoms with E-state index in [9.17, 15) is 5.11 Å². The van der Waals surface area contributed by atoms with E-state index >= 15 is 0 Å². The average molecular weight is 247 g/mol. The van der Waals surface area contributed by atoms with Crippen molar-refractivity contribution < 1.29 is 9.52 Å². The molecule has 1 aromatic carbocycles. The lowest BCUT2D eigenvalue weighted by atomic mass is 9.75. The Morgan fingerprint density at radius 2 is 1.89 bits per heavy atom. The first-order chi connectivity index (χ1) is 8.28. The second-order valence-electron chi connectivity index (χ2n) is 5.97. The van der Waals surface area contributed by atoms with E-state index in [4.69, 9.17) is 10.2 Å². The van der Waals surface area contributed by atoms with Crippen LogP contribution in [0.3, 0.4) is 0 Å². The van der Waals surface area contributed by atoms with Gasteiger partial charge in [-0.25, -0.2) is 0 Å². The lowest BCUT2D eigenvalue weighted by Gasteiger charge is -2.37. The van der Waals surface area contributed by atoms with E-state index < -0.39 is 5.60 Å². The molecule has 0 spiro atoms. The molecule has 0 bridgehead atoms. The molecule has 1 atom stereocenters. The maximum atomic E-state index is 10.8. The molecule has 2 rings (SSSR count). The van der Waals surface area contributed by atoms with Crippen LogP contribution in [0.4, 0.5) is 0 Å². The lowest BCUT2D eigenvalue weighted by Crippen LogP contribution is -2.46. The van der Waals surface area contributed by atoms with Crippen molar-refractivity contribution in [3.05, 3.63) is 35.6 Å². The van der Waals surface area contributed by atoms with Crippen molar-refractivity contribution in [3.63, 3.8) is 0 Å². The minimum atomic E-state index is -1.15. The number of benzene rings is 1. The van der Waals surface area contributed by atoms with Gasteiger partial charge >= 0.3 is 0 Å². The van der Waals surface area contributed by atoms with Crippen molar-refractivity contribution in [1.29, 1.82) is 0 Å². The SMILES string of the molecule is Cc1ccc2oc(C(O)(CN)C(C)(C)C)cc2c1. The topological polar surface area (TPSA) is 59.4 Å². The molecule has 98 valence electrons. The molecule has 3 nitrogen and oxygen atoms in total. The van der Waals surface area contributed by atoms with Gasteiger partial charge < -0.3 is 15.3 Å². The molecule has 1 unspecified atom stereocenters. The Morgan fingerprint density at radius 1 is 1.22 bits per heavy atom. The molecular formula is C15H21NO2. The molecule has 3 N–H and O–H groups in total. The van der Waals surface area contributed by atoms with Gasteiger partial charge in [-0.05, 0) is 30.5 Å². The summed E-state index contributed by atoms with van der Waals surface area (Å²) in [7, 11) is 0. The Balaban J connectivity index is 2.59. The summed E-state index contributed by atoms with van der Waals surface area (Å²) >= 11 is 0. The van der Waals surface area contributed by atoms with Crippen LogP contribution in [0.2, 0.25) is 0 Å². The van der Waals surface area contributed by atoms with E-state index in [2.05, 4.69) is 0 Å². The van der Waals surface area contributed by atoms with Gasteiger partial charge in [0.1, 0.15) is 16.9 Å². The highest BCUT2D eigenvalue weighted by molar-refractivity contribution is 5.79. The number of fused-ring (bicyclic) bond motifs is 1. The monoisotopic (exact) mass is 247 g/mol. The fourth-order valence-corrected chi connectivity index (χ4v) is 2.14. The number of nitrogens with two attached hydrogens (primary N) is 1. The smallest absolute Gasteiger partial charge is 0.139 e. The van der Waals surface area contributed by atoms with Gasteiger partial charge in [0.25, 0.3) is 0 Å². The van der Waals surface area contributed by atoms with Crippen LogP contribution in [-0.4, -0.2) is 11.7 Å². The third-order valence-corrected chi connectivity index (χ3v) is 3.62. The largest absolute Gasteiger partial charge is 0.458 e. The van der Waals surface area contributed by atoms with Gasteiger partial charge in [0.2, 0.25) is 0 Å². The van der Waals surface area contributed by atoms with Crippen LogP contribution in [0.15, 0.2) is 28.7 Å². The second-order valence-corrected chi connectivity index (χ2v) is 5.97. The van der Waals surface area contributed by atoms with E-state index in [1.165, 1.54) is 5.56 Å². The number of hydrogen-bond acceptors (Lipinski definition) is 3. The van der Waals surface area contributed by atoms with E-state index in [0.717, 1.165) is 11.0 Å². The normalized spacial score (nSPS) is 15.9. The Hall–Kier alpha value is -1.32. The fourth-order valence-electron chi connectivity index (χ4n) is 2.14. The summed E-state index contributed by atoms with van der Waals surface area (Å²) in [5, 5.41) is 11.8. The first kappa shape index (κ1) is 13.1. The third-order valence-electron chi connectivity index (χ3n) is 3.62. The van der Waals surface area contributed by atoms with E-state index in [-0.39, 0.29) is 12.0 Å². The summed E-state index contributed by atoms with van der Waals surface area (Å²) < 4.78 is 5.78. The molecule has 0 fully saturated rings. The van der Waals surface area contributed by atoms with Crippen molar-refractivity contribution >= 4 is 11.0 Å². The number of rotatable bonds is 2. The molecule has 0 saturated heterocycles. The van der Waals surface area contributed by atoms with Crippen LogP contribution in [0.25, 0.3) is 11.0 Å². The molecule has 2 aromatic rings. The highest BCUT2D eigenvalue weighted by Gasteiger charge is 2.43. The van der Waals surface area contributed by atoms with Gasteiger partial charge in [-0.1, -0.05) is 32.4 Å². The zero-order valence-corrected chi connectivity index (χ0v) is 11.4. The van der Waals surface area contributed by atoms with Gasteiger partial charge in [0.05, 0.1) is 0 Å². The van der Waals surface area contributed by atoms with Crippen LogP contribution in [0.5, 0.6) is 0 Å². The van der Waals surface area contributed by atoms with E-state index in [1.54, 1.807) is 0 Å². The summed E-state index contributed by atoms with van der Waals surface area (Å²) in [5.41, 5.74) is 6.18. The molecule has 0 radical (unpaired) electrons. The molecular weight excluding hydrogens is 226 g/mol. The highest BCUT2D eigenvalue weighted by atomic mass is 16.4. The second kappa shape index (κ2) is 4.11. The van der Waals surface area contributed by atoms with Gasteiger partial charge in [-0.3, -0.25) is 0 Å². The van der Waals surface area contributed by atoms with Crippen LogP contribution in [-0.2, 0) is 5.60 Å². The predicted octanol–water partition coefficient (Wildman–Crippen LogP) is 2.93. The van der Waals surface area contributed by atoms with Gasteiger partial charge in [0.15, 0.2) is 0 Å². The zero-order chi connectivity index (χ0) is 13.6. The molecule has 0 amide bonds. The van der Waals surface area contributed by atoms with Crippen LogP contribution in [0, 0.1) is 12.3 Å². The zero-order valence-electron chi connectivity index (χ0n) is 11.4. The molecule has 18 heavy (non-hydrogen) atoms. The molecule has 0 aliphatic rings. The van der Waals surface area contributed by atoms with E-state index in [0.29, 0.717) is 5.76 Å². The Labute approximate surface area is 108 Å². The van der Waals surface area contributed by atoms with Crippen molar-refractivity contribution in [3.8, 4) is 0 Å². The Kier molecular flexibility index (Phi) is 2.99. The number of aliphatic hydroxyl groups is 1. The van der Waals surface area contributed by atoms with Crippen molar-refractivity contribution in [2.24, 2.45) is 11.1 Å². The highest BCUT2D eigenvalue weighted by Crippen LogP contribution is 2.40. The lowest BCUT2D eigenvalue weighted by molar-refractivity contribution is -0.0711. The van der Waals surface area contributed by atoms with Gasteiger partial charge in [-0.2, -0.15) is 0 Å². The fraction of sp³-hybridized carbons (Fsp3) is 0.467. The molecule has 0 aliphatic heterocycles. The van der Waals surface area contributed by atoms with Crippen LogP contribution < -0.4 is 5.73 Å². The van der Waals surface area contributed by atoms with Crippen molar-refractivity contribution in [2.45, 2.75) is 33.3 Å². The summed E-state index contributed by atoms with van der Waals surface area (Å²) in [6.45, 7) is 8.04. The number of furan rings is 1. The maximum Gasteiger partial charge on any atom is 0.139 e. The maximum absolute atomic E-state index is 10.8. The predicted molar refractivity (Wildman–Crippen MR) is 73.4 cm³/mol. The van der Waals surface area contributed by atoms with Crippen molar-refractivity contribution in [1.82, 2.24) is 0 Å². The molecule has 1 heterocycles. The van der Waals surface area contributed by atoms with E-state index in [1.807, 2.05) is 52.0 Å². The van der Waals surface area contributed by atoms with Crippen molar-refractivity contribution in [2.75, 3.05) is 6.54 Å². The first-order valence-corrected chi connectivity index (χ1v) is 6.21. The number of hydrogen-bond donors (Lipinski definition) is 2. The summed E-state index contributed by atoms with van der Waals surface area (Å²) in [6.07, 6.45) is 0. The van der Waals surface area contributed by atoms with Gasteiger partial charge in [0, 0.05) is 11.9 Å². The molecule has 0 aliphatic carbocycles. The average Bonchev–Trinajstić information content (AvgIpc) is 2.69.